The Morgan fingerprint density at radius 2 is 1.50 bits per heavy atom. The Hall–Kier alpha value is -3.65. The van der Waals surface area contributed by atoms with Crippen LogP contribution in [0.15, 0.2) is 89.9 Å². The number of fused-ring (bicyclic) bond motifs is 6. The first kappa shape index (κ1) is 19.8. The zero-order chi connectivity index (χ0) is 22.5. The smallest absolute Gasteiger partial charge is 0.0828 e. The molecule has 0 amide bonds. The molecule has 0 bridgehead atoms. The fourth-order valence-corrected chi connectivity index (χ4v) is 6.36. The van der Waals surface area contributed by atoms with E-state index in [-0.39, 0.29) is 0 Å². The number of hydrogen-bond donors (Lipinski definition) is 1. The summed E-state index contributed by atoms with van der Waals surface area (Å²) in [5.41, 5.74) is 6.12. The van der Waals surface area contributed by atoms with E-state index in [9.17, 15) is 0 Å². The van der Waals surface area contributed by atoms with Gasteiger partial charge in [0.25, 0.3) is 0 Å². The standard InChI is InChI=1S/C32H28N2/c1-3-7-26-21(5-1)10-15-31-28-14-11-24(17-23(28)12-16-30(26)31)29-13-9-22-6-2-4-8-27(22)32(29)18-25-19-33-20-34-25/h1-10,12-13,15-16,20,24-25H,11,14,17-19H2,(H,33,34). The second-order valence-electron chi connectivity index (χ2n) is 9.92. The summed E-state index contributed by atoms with van der Waals surface area (Å²) in [4.78, 5) is 4.68. The summed E-state index contributed by atoms with van der Waals surface area (Å²) in [6.45, 7) is 0.941. The first-order chi connectivity index (χ1) is 16.8. The molecule has 5 aromatic rings. The lowest BCUT2D eigenvalue weighted by molar-refractivity contribution is 0.579. The van der Waals surface area contributed by atoms with Crippen molar-refractivity contribution in [3.8, 4) is 0 Å². The van der Waals surface area contributed by atoms with Crippen molar-refractivity contribution in [2.75, 3.05) is 6.54 Å². The molecule has 0 radical (unpaired) electrons. The van der Waals surface area contributed by atoms with Crippen molar-refractivity contribution < 1.29 is 0 Å². The van der Waals surface area contributed by atoms with Gasteiger partial charge in [-0.05, 0) is 86.2 Å². The average molecular weight is 441 g/mol. The third kappa shape index (κ3) is 3.20. The van der Waals surface area contributed by atoms with Crippen LogP contribution in [-0.4, -0.2) is 18.9 Å². The summed E-state index contributed by atoms with van der Waals surface area (Å²) in [5, 5.41) is 11.6. The summed E-state index contributed by atoms with van der Waals surface area (Å²) in [6.07, 6.45) is 6.35. The summed E-state index contributed by atoms with van der Waals surface area (Å²) in [7, 11) is 0. The van der Waals surface area contributed by atoms with Gasteiger partial charge in [0, 0.05) is 6.54 Å². The minimum atomic E-state index is 0.331. The minimum Gasteiger partial charge on any atom is -0.374 e. The zero-order valence-corrected chi connectivity index (χ0v) is 19.3. The number of benzene rings is 5. The molecule has 2 unspecified atom stereocenters. The van der Waals surface area contributed by atoms with E-state index in [1.54, 1.807) is 5.56 Å². The third-order valence-electron chi connectivity index (χ3n) is 8.03. The van der Waals surface area contributed by atoms with E-state index in [2.05, 4.69) is 95.2 Å². The van der Waals surface area contributed by atoms with Crippen LogP contribution in [0, 0.1) is 0 Å². The van der Waals surface area contributed by atoms with E-state index >= 15 is 0 Å². The second-order valence-corrected chi connectivity index (χ2v) is 9.92. The highest BCUT2D eigenvalue weighted by Gasteiger charge is 2.26. The van der Waals surface area contributed by atoms with Gasteiger partial charge in [-0.25, -0.2) is 0 Å². The third-order valence-corrected chi connectivity index (χ3v) is 8.03. The number of nitrogens with zero attached hydrogens (tertiary/aromatic N) is 1. The van der Waals surface area contributed by atoms with E-state index in [0.717, 1.165) is 25.8 Å². The van der Waals surface area contributed by atoms with E-state index < -0.39 is 0 Å². The lowest BCUT2D eigenvalue weighted by atomic mass is 9.76. The van der Waals surface area contributed by atoms with Gasteiger partial charge in [-0.1, -0.05) is 84.9 Å². The number of hydrogen-bond acceptors (Lipinski definition) is 2. The van der Waals surface area contributed by atoms with Crippen molar-refractivity contribution in [1.29, 1.82) is 0 Å². The van der Waals surface area contributed by atoms with Crippen LogP contribution in [0.2, 0.25) is 0 Å². The normalized spacial score (nSPS) is 19.5. The predicted molar refractivity (Wildman–Crippen MR) is 144 cm³/mol. The number of aliphatic imine (C=N–C) groups is 1. The van der Waals surface area contributed by atoms with E-state index in [1.807, 2.05) is 6.34 Å². The quantitative estimate of drug-likeness (QED) is 0.301. The van der Waals surface area contributed by atoms with E-state index in [1.165, 1.54) is 55.4 Å². The Morgan fingerprint density at radius 3 is 2.35 bits per heavy atom. The molecule has 1 aliphatic carbocycles. The van der Waals surface area contributed by atoms with Crippen LogP contribution in [-0.2, 0) is 19.3 Å². The molecule has 166 valence electrons. The molecule has 1 N–H and O–H groups in total. The monoisotopic (exact) mass is 440 g/mol. The van der Waals surface area contributed by atoms with Crippen LogP contribution in [0.25, 0.3) is 32.3 Å². The summed E-state index contributed by atoms with van der Waals surface area (Å²) in [5.74, 6) is 0.559. The van der Waals surface area contributed by atoms with E-state index in [4.69, 9.17) is 0 Å². The molecule has 2 aliphatic rings. The molecule has 2 nitrogen and oxygen atoms in total. The molecule has 7 rings (SSSR count). The van der Waals surface area contributed by atoms with Crippen molar-refractivity contribution in [3.63, 3.8) is 0 Å². The highest BCUT2D eigenvalue weighted by atomic mass is 15.0. The molecule has 0 fully saturated rings. The van der Waals surface area contributed by atoms with Gasteiger partial charge in [0.05, 0.1) is 12.4 Å². The van der Waals surface area contributed by atoms with Crippen molar-refractivity contribution in [2.45, 2.75) is 37.6 Å². The fraction of sp³-hybridized carbons (Fsp3) is 0.219. The van der Waals surface area contributed by atoms with Gasteiger partial charge in [0.15, 0.2) is 0 Å². The zero-order valence-electron chi connectivity index (χ0n) is 19.3. The molecular weight excluding hydrogens is 412 g/mol. The second kappa shape index (κ2) is 7.99. The highest BCUT2D eigenvalue weighted by molar-refractivity contribution is 6.08. The summed E-state index contributed by atoms with van der Waals surface area (Å²) < 4.78 is 0. The van der Waals surface area contributed by atoms with Crippen LogP contribution in [0.3, 0.4) is 0 Å². The van der Waals surface area contributed by atoms with Gasteiger partial charge >= 0.3 is 0 Å². The van der Waals surface area contributed by atoms with Gasteiger partial charge < -0.3 is 5.32 Å². The van der Waals surface area contributed by atoms with Crippen LogP contribution in [0.1, 0.15) is 34.6 Å². The Bertz CT molecular complexity index is 1580. The Balaban J connectivity index is 1.31. The van der Waals surface area contributed by atoms with Crippen molar-refractivity contribution in [2.24, 2.45) is 4.99 Å². The number of rotatable bonds is 3. The predicted octanol–water partition coefficient (Wildman–Crippen LogP) is 6.96. The van der Waals surface area contributed by atoms with Crippen LogP contribution in [0.4, 0.5) is 0 Å². The maximum absolute atomic E-state index is 4.68. The first-order valence-electron chi connectivity index (χ1n) is 12.5. The molecule has 5 aromatic carbocycles. The SMILES string of the molecule is C1=NC(Cc2c(C3CCc4c(ccc5c4ccc4ccccc45)C3)ccc3ccccc23)CN1. The first-order valence-corrected chi connectivity index (χ1v) is 12.5. The van der Waals surface area contributed by atoms with Crippen molar-refractivity contribution in [1.82, 2.24) is 5.32 Å². The Labute approximate surface area is 200 Å². The molecule has 1 heterocycles. The lowest BCUT2D eigenvalue weighted by Crippen LogP contribution is -2.20. The van der Waals surface area contributed by atoms with Gasteiger partial charge in [0.1, 0.15) is 0 Å². The fourth-order valence-electron chi connectivity index (χ4n) is 6.36. The van der Waals surface area contributed by atoms with Gasteiger partial charge in [-0.15, -0.1) is 0 Å². The highest BCUT2D eigenvalue weighted by Crippen LogP contribution is 2.40. The molecule has 2 atom stereocenters. The maximum atomic E-state index is 4.68. The molecule has 0 saturated heterocycles. The van der Waals surface area contributed by atoms with E-state index in [0.29, 0.717) is 12.0 Å². The minimum absolute atomic E-state index is 0.331. The van der Waals surface area contributed by atoms with Crippen LogP contribution < -0.4 is 5.32 Å². The van der Waals surface area contributed by atoms with Crippen LogP contribution >= 0.6 is 0 Å². The van der Waals surface area contributed by atoms with Crippen LogP contribution in [0.5, 0.6) is 0 Å². The van der Waals surface area contributed by atoms with Gasteiger partial charge in [0.2, 0.25) is 0 Å². The molecule has 0 spiro atoms. The number of nitrogens with one attached hydrogen (secondary N) is 1. The molecule has 0 saturated carbocycles. The molecule has 34 heavy (non-hydrogen) atoms. The Kier molecular flexibility index (Phi) is 4.65. The summed E-state index contributed by atoms with van der Waals surface area (Å²) in [6, 6.07) is 32.1. The molecule has 2 heteroatoms. The van der Waals surface area contributed by atoms with Crippen molar-refractivity contribution in [3.05, 3.63) is 107 Å². The number of aryl methyl sites for hydroxylation is 1. The lowest BCUT2D eigenvalue weighted by Gasteiger charge is -2.29. The largest absolute Gasteiger partial charge is 0.374 e. The average Bonchev–Trinajstić information content (AvgIpc) is 3.41. The Morgan fingerprint density at radius 1 is 0.735 bits per heavy atom. The van der Waals surface area contributed by atoms with Gasteiger partial charge in [-0.2, -0.15) is 0 Å². The maximum Gasteiger partial charge on any atom is 0.0828 e. The molecule has 0 aromatic heterocycles. The van der Waals surface area contributed by atoms with Crippen molar-refractivity contribution >= 4 is 38.7 Å². The molecular formula is C32H28N2. The topological polar surface area (TPSA) is 24.4 Å². The van der Waals surface area contributed by atoms with Gasteiger partial charge in [-0.3, -0.25) is 4.99 Å². The summed E-state index contributed by atoms with van der Waals surface area (Å²) >= 11 is 0. The molecule has 1 aliphatic heterocycles.